The summed E-state index contributed by atoms with van der Waals surface area (Å²) in [5, 5.41) is 27.7. The highest BCUT2D eigenvalue weighted by Gasteiger charge is 2.36. The van der Waals surface area contributed by atoms with Crippen LogP contribution in [0.5, 0.6) is 0 Å². The van der Waals surface area contributed by atoms with Crippen molar-refractivity contribution in [1.29, 1.82) is 5.26 Å². The maximum absolute atomic E-state index is 9.80. The summed E-state index contributed by atoms with van der Waals surface area (Å²) in [4.78, 5) is 4.49. The number of hydrogen-bond acceptors (Lipinski definition) is 6. The van der Waals surface area contributed by atoms with E-state index >= 15 is 0 Å². The van der Waals surface area contributed by atoms with Crippen LogP contribution < -0.4 is 10.6 Å². The van der Waals surface area contributed by atoms with E-state index in [1.165, 1.54) is 0 Å². The quantitative estimate of drug-likeness (QED) is 0.295. The summed E-state index contributed by atoms with van der Waals surface area (Å²) in [7, 11) is 2.04. The van der Waals surface area contributed by atoms with Gasteiger partial charge >= 0.3 is 0 Å². The van der Waals surface area contributed by atoms with Crippen LogP contribution in [0.2, 0.25) is 10.0 Å². The molecule has 37 heavy (non-hydrogen) atoms. The number of nitriles is 1. The Labute approximate surface area is 227 Å². The molecule has 1 aliphatic carbocycles. The summed E-state index contributed by atoms with van der Waals surface area (Å²) in [6.45, 7) is 7.09. The van der Waals surface area contributed by atoms with E-state index in [1.807, 2.05) is 55.1 Å². The molecule has 4 aromatic rings. The molecule has 0 spiro atoms. The van der Waals surface area contributed by atoms with Crippen molar-refractivity contribution in [2.24, 2.45) is 5.41 Å². The summed E-state index contributed by atoms with van der Waals surface area (Å²) < 4.78 is 1.93. The molecule has 2 N–H and O–H groups in total. The molecule has 1 unspecified atom stereocenters. The summed E-state index contributed by atoms with van der Waals surface area (Å²) in [6.07, 6.45) is 5.77. The number of hydrogen-bond donors (Lipinski definition) is 2. The van der Waals surface area contributed by atoms with Gasteiger partial charge in [0.1, 0.15) is 19.6 Å². The van der Waals surface area contributed by atoms with Crippen molar-refractivity contribution in [3.05, 3.63) is 75.7 Å². The van der Waals surface area contributed by atoms with Crippen molar-refractivity contribution in [2.45, 2.75) is 45.1 Å². The van der Waals surface area contributed by atoms with E-state index in [1.54, 1.807) is 6.20 Å². The van der Waals surface area contributed by atoms with Gasteiger partial charge in [-0.05, 0) is 42.0 Å². The Balaban J connectivity index is 1.64. The minimum Gasteiger partial charge on any atom is -0.383 e. The zero-order chi connectivity index (χ0) is 26.4. The minimum absolute atomic E-state index is 0.0119. The van der Waals surface area contributed by atoms with Gasteiger partial charge in [-0.1, -0.05) is 67.4 Å². The molecular weight excluding hydrogens is 504 g/mol. The molecule has 2 heterocycles. The van der Waals surface area contributed by atoms with Gasteiger partial charge in [0.2, 0.25) is 0 Å². The van der Waals surface area contributed by atoms with Crippen LogP contribution in [-0.4, -0.2) is 34.4 Å². The molecule has 5 rings (SSSR count). The highest BCUT2D eigenvalue weighted by atomic mass is 35.5. The van der Waals surface area contributed by atoms with Crippen molar-refractivity contribution in [3.8, 4) is 6.07 Å². The fourth-order valence-corrected chi connectivity index (χ4v) is 5.00. The number of nitrogens with zero attached hydrogens (tertiary/aromatic N) is 5. The van der Waals surface area contributed by atoms with Gasteiger partial charge in [0, 0.05) is 28.8 Å². The van der Waals surface area contributed by atoms with E-state index in [0.29, 0.717) is 39.4 Å². The normalized spacial score (nSPS) is 15.2. The molecule has 7 nitrogen and oxygen atoms in total. The minimum atomic E-state index is -0.804. The molecule has 2 aromatic heterocycles. The monoisotopic (exact) mass is 531 g/mol. The lowest BCUT2D eigenvalue weighted by atomic mass is 9.69. The zero-order valence-corrected chi connectivity index (χ0v) is 22.8. The Morgan fingerprint density at radius 2 is 1.92 bits per heavy atom. The van der Waals surface area contributed by atoms with Crippen molar-refractivity contribution in [3.63, 3.8) is 0 Å². The molecule has 1 fully saturated rings. The molecule has 2 aromatic carbocycles. The maximum Gasteiger partial charge on any atom is 0.148 e. The number of benzene rings is 2. The molecule has 10 heteroatoms. The fourth-order valence-electron chi connectivity index (χ4n) is 4.41. The average Bonchev–Trinajstić information content (AvgIpc) is 3.57. The standard InChI is InChI=1S/C27H28BCl2N7/c1-26(2,3)15-33-24-16(12-31)13-32-25-19(24)10-17(11-22(25)30)34-27(28,20-6-4-5-7-21(20)29)23-14-37(36-35-23)18-8-9-18/h4-7,10-11,13-14,18,34H,8-9,15,28H2,1-3H3,(H,32,33). The predicted octanol–water partition coefficient (Wildman–Crippen LogP) is 5.74. The second kappa shape index (κ2) is 9.55. The largest absolute Gasteiger partial charge is 0.383 e. The molecule has 188 valence electrons. The van der Waals surface area contributed by atoms with E-state index in [2.05, 4.69) is 52.8 Å². The van der Waals surface area contributed by atoms with Gasteiger partial charge in [0.15, 0.2) is 0 Å². The molecule has 1 aliphatic rings. The van der Waals surface area contributed by atoms with Crippen LogP contribution in [0.4, 0.5) is 11.4 Å². The van der Waals surface area contributed by atoms with Crippen molar-refractivity contribution in [2.75, 3.05) is 17.2 Å². The van der Waals surface area contributed by atoms with Crippen molar-refractivity contribution in [1.82, 2.24) is 20.0 Å². The van der Waals surface area contributed by atoms with Crippen LogP contribution in [0, 0.1) is 16.7 Å². The zero-order valence-electron chi connectivity index (χ0n) is 21.3. The van der Waals surface area contributed by atoms with Crippen LogP contribution in [0.15, 0.2) is 48.8 Å². The Kier molecular flexibility index (Phi) is 6.55. The third-order valence-electron chi connectivity index (χ3n) is 6.59. The van der Waals surface area contributed by atoms with Crippen LogP contribution in [0.25, 0.3) is 10.9 Å². The molecular formula is C27H28BCl2N7. The highest BCUT2D eigenvalue weighted by Crippen LogP contribution is 2.40. The van der Waals surface area contributed by atoms with Gasteiger partial charge in [-0.2, -0.15) is 5.26 Å². The molecule has 1 saturated carbocycles. The third kappa shape index (κ3) is 5.11. The lowest BCUT2D eigenvalue weighted by Gasteiger charge is -2.32. The molecule has 0 saturated heterocycles. The van der Waals surface area contributed by atoms with Crippen molar-refractivity contribution < 1.29 is 0 Å². The van der Waals surface area contributed by atoms with Crippen LogP contribution in [0.3, 0.4) is 0 Å². The second-order valence-electron chi connectivity index (χ2n) is 11.0. The van der Waals surface area contributed by atoms with Gasteiger partial charge in [-0.15, -0.1) is 5.10 Å². The number of rotatable bonds is 7. The summed E-state index contributed by atoms with van der Waals surface area (Å²) in [6, 6.07) is 14.2. The highest BCUT2D eigenvalue weighted by molar-refractivity contribution is 6.36. The molecule has 1 atom stereocenters. The lowest BCUT2D eigenvalue weighted by molar-refractivity contribution is 0.443. The Hall–Kier alpha value is -3.28. The third-order valence-corrected chi connectivity index (χ3v) is 7.21. The van der Waals surface area contributed by atoms with Gasteiger partial charge in [-0.25, -0.2) is 4.68 Å². The number of halogens is 2. The number of pyridine rings is 1. The molecule has 0 amide bonds. The van der Waals surface area contributed by atoms with Gasteiger partial charge in [0.05, 0.1) is 39.5 Å². The van der Waals surface area contributed by atoms with E-state index < -0.39 is 5.44 Å². The maximum atomic E-state index is 9.80. The summed E-state index contributed by atoms with van der Waals surface area (Å²) in [5.41, 5.74) is 3.38. The Morgan fingerprint density at radius 1 is 1.16 bits per heavy atom. The Morgan fingerprint density at radius 3 is 2.59 bits per heavy atom. The summed E-state index contributed by atoms with van der Waals surface area (Å²) >= 11 is 13.5. The fraction of sp³-hybridized carbons (Fsp3) is 0.333. The van der Waals surface area contributed by atoms with E-state index in [4.69, 9.17) is 23.2 Å². The molecule has 0 radical (unpaired) electrons. The average molecular weight is 532 g/mol. The van der Waals surface area contributed by atoms with E-state index in [-0.39, 0.29) is 5.41 Å². The van der Waals surface area contributed by atoms with Crippen LogP contribution >= 0.6 is 23.2 Å². The first-order chi connectivity index (χ1) is 17.6. The SMILES string of the molecule is BC(Nc1cc(Cl)c2ncc(C#N)c(NCC(C)(C)C)c2c1)(c1cn(C2CC2)nn1)c1ccccc1Cl. The predicted molar refractivity (Wildman–Crippen MR) is 152 cm³/mol. The molecule has 0 bridgehead atoms. The first-order valence-corrected chi connectivity index (χ1v) is 13.1. The summed E-state index contributed by atoms with van der Waals surface area (Å²) in [5.74, 6) is 0. The van der Waals surface area contributed by atoms with Crippen LogP contribution in [-0.2, 0) is 5.44 Å². The smallest absolute Gasteiger partial charge is 0.148 e. The molecule has 0 aliphatic heterocycles. The first-order valence-electron chi connectivity index (χ1n) is 12.3. The van der Waals surface area contributed by atoms with Gasteiger partial charge in [-0.3, -0.25) is 4.98 Å². The van der Waals surface area contributed by atoms with Crippen LogP contribution in [0.1, 0.15) is 56.5 Å². The number of fused-ring (bicyclic) bond motifs is 1. The number of aromatic nitrogens is 4. The number of anilines is 2. The van der Waals surface area contributed by atoms with Gasteiger partial charge < -0.3 is 10.6 Å². The van der Waals surface area contributed by atoms with E-state index in [0.717, 1.165) is 35.2 Å². The topological polar surface area (TPSA) is 91.5 Å². The second-order valence-corrected chi connectivity index (χ2v) is 11.8. The lowest BCUT2D eigenvalue weighted by Crippen LogP contribution is -2.38. The Bertz CT molecular complexity index is 1520. The first kappa shape index (κ1) is 25.4. The number of nitrogens with one attached hydrogen (secondary N) is 2. The van der Waals surface area contributed by atoms with Crippen molar-refractivity contribution >= 4 is 53.3 Å². The van der Waals surface area contributed by atoms with Gasteiger partial charge in [0.25, 0.3) is 0 Å². The van der Waals surface area contributed by atoms with E-state index in [9.17, 15) is 5.26 Å².